The fourth-order valence-electron chi connectivity index (χ4n) is 3.57. The molecule has 2 heterocycles. The predicted molar refractivity (Wildman–Crippen MR) is 118 cm³/mol. The van der Waals surface area contributed by atoms with E-state index in [0.717, 1.165) is 55.8 Å². The number of hydrogen-bond acceptors (Lipinski definition) is 7. The number of hydrogen-bond donors (Lipinski definition) is 2. The molecule has 0 unspecified atom stereocenters. The van der Waals surface area contributed by atoms with E-state index in [1.165, 1.54) is 11.4 Å². The number of nitrogens with one attached hydrogen (secondary N) is 1. The molecule has 1 aliphatic heterocycles. The van der Waals surface area contributed by atoms with E-state index in [1.54, 1.807) is 19.0 Å². The number of thiazole rings is 1. The normalized spacial score (nSPS) is 17.6. The largest absolute Gasteiger partial charge is 0.355 e. The molecule has 166 valence electrons. The number of rotatable bonds is 6. The Morgan fingerprint density at radius 1 is 1.35 bits per heavy atom. The van der Waals surface area contributed by atoms with Crippen molar-refractivity contribution in [2.75, 3.05) is 20.1 Å². The van der Waals surface area contributed by atoms with Crippen molar-refractivity contribution in [3.05, 3.63) is 52.4 Å². The van der Waals surface area contributed by atoms with Crippen LogP contribution in [-0.4, -0.2) is 53.7 Å². The van der Waals surface area contributed by atoms with Gasteiger partial charge in [-0.05, 0) is 38.3 Å². The van der Waals surface area contributed by atoms with Crippen LogP contribution in [-0.2, 0) is 0 Å². The van der Waals surface area contributed by atoms with Crippen LogP contribution in [0.2, 0.25) is 0 Å². The smallest absolute Gasteiger partial charge is 0.275 e. The second kappa shape index (κ2) is 9.97. The Bertz CT molecular complexity index is 972. The summed E-state index contributed by atoms with van der Waals surface area (Å²) in [7, 11) is 1.75. The van der Waals surface area contributed by atoms with Crippen molar-refractivity contribution in [2.24, 2.45) is 10.8 Å². The molecule has 1 aromatic heterocycles. The fraction of sp³-hybridized carbons (Fsp3) is 0.381. The second-order valence-corrected chi connectivity index (χ2v) is 8.24. The molecule has 0 radical (unpaired) electrons. The quantitative estimate of drug-likeness (QED) is 0.523. The van der Waals surface area contributed by atoms with Crippen LogP contribution in [0.1, 0.15) is 36.7 Å². The highest BCUT2D eigenvalue weighted by molar-refractivity contribution is 7.13. The van der Waals surface area contributed by atoms with Crippen LogP contribution in [0.25, 0.3) is 10.6 Å². The van der Waals surface area contributed by atoms with E-state index in [4.69, 9.17) is 5.73 Å². The van der Waals surface area contributed by atoms with Crippen molar-refractivity contribution in [1.82, 2.24) is 20.2 Å². The lowest BCUT2D eigenvalue weighted by Crippen LogP contribution is -2.36. The Morgan fingerprint density at radius 3 is 2.74 bits per heavy atom. The predicted octanol–water partition coefficient (Wildman–Crippen LogP) is 3.37. The molecule has 3 N–H and O–H groups in total. The van der Waals surface area contributed by atoms with Crippen LogP contribution in [0.5, 0.6) is 0 Å². The maximum Gasteiger partial charge on any atom is 0.275 e. The molecule has 0 saturated carbocycles. The summed E-state index contributed by atoms with van der Waals surface area (Å²) in [6.07, 6.45) is 2.70. The van der Waals surface area contributed by atoms with Gasteiger partial charge < -0.3 is 16.0 Å². The molecule has 0 bridgehead atoms. The Labute approximate surface area is 184 Å². The van der Waals surface area contributed by atoms with E-state index in [9.17, 15) is 13.6 Å². The van der Waals surface area contributed by atoms with Gasteiger partial charge in [-0.1, -0.05) is 6.07 Å². The van der Waals surface area contributed by atoms with Crippen molar-refractivity contribution in [1.29, 1.82) is 0 Å². The van der Waals surface area contributed by atoms with Crippen LogP contribution in [0.3, 0.4) is 0 Å². The van der Waals surface area contributed by atoms with Crippen molar-refractivity contribution >= 4 is 24.0 Å². The van der Waals surface area contributed by atoms with E-state index in [2.05, 4.69) is 27.0 Å². The lowest BCUT2D eigenvalue weighted by Gasteiger charge is -2.31. The van der Waals surface area contributed by atoms with Crippen molar-refractivity contribution in [2.45, 2.75) is 32.2 Å². The Hall–Kier alpha value is -2.85. The maximum atomic E-state index is 14.0. The summed E-state index contributed by atoms with van der Waals surface area (Å²) in [5, 5.41) is 10.00. The van der Waals surface area contributed by atoms with Crippen molar-refractivity contribution in [3.63, 3.8) is 0 Å². The van der Waals surface area contributed by atoms with E-state index >= 15 is 0 Å². The van der Waals surface area contributed by atoms with Crippen LogP contribution in [0.4, 0.5) is 8.78 Å². The highest BCUT2D eigenvalue weighted by atomic mass is 32.1. The number of benzene rings is 1. The van der Waals surface area contributed by atoms with E-state index in [1.807, 2.05) is 0 Å². The highest BCUT2D eigenvalue weighted by Gasteiger charge is 2.23. The number of amides is 1. The van der Waals surface area contributed by atoms with Crippen LogP contribution in [0, 0.1) is 11.6 Å². The lowest BCUT2D eigenvalue weighted by molar-refractivity contribution is 0.0958. The molecule has 3 rings (SSSR count). The van der Waals surface area contributed by atoms with Gasteiger partial charge in [0, 0.05) is 38.3 Å². The molecule has 31 heavy (non-hydrogen) atoms. The summed E-state index contributed by atoms with van der Waals surface area (Å²) in [5.41, 5.74) is 6.50. The van der Waals surface area contributed by atoms with Crippen molar-refractivity contribution in [3.8, 4) is 10.6 Å². The summed E-state index contributed by atoms with van der Waals surface area (Å²) >= 11 is 1.01. The monoisotopic (exact) mass is 448 g/mol. The Balaban J connectivity index is 1.84. The number of carbonyl (C=O) groups excluding carboxylic acids is 1. The second-order valence-electron chi connectivity index (χ2n) is 7.38. The molecular weight excluding hydrogens is 422 g/mol. The van der Waals surface area contributed by atoms with Gasteiger partial charge in [0.25, 0.3) is 5.91 Å². The van der Waals surface area contributed by atoms with Crippen LogP contribution >= 0.6 is 11.3 Å². The highest BCUT2D eigenvalue weighted by Crippen LogP contribution is 2.29. The molecule has 1 aromatic carbocycles. The van der Waals surface area contributed by atoms with Gasteiger partial charge in [-0.3, -0.25) is 9.80 Å². The molecule has 7 nitrogen and oxygen atoms in total. The first-order valence-corrected chi connectivity index (χ1v) is 10.8. The van der Waals surface area contributed by atoms with E-state index in [0.29, 0.717) is 11.5 Å². The zero-order valence-corrected chi connectivity index (χ0v) is 18.4. The standard InChI is InChI=1S/C21H26F2N6OS/c1-13(21(28(3)25-2)29-10-5-6-14(24)9-11-29)26-19(30)17-12-31-20(27-17)18-15(22)7-4-8-16(18)23/h4,7-8,12,14H,2,5-6,9-11,24H2,1,3H3,(H,26,30)/b21-13-/t14-/m0/s1. The fourth-order valence-corrected chi connectivity index (χ4v) is 4.42. The third-order valence-electron chi connectivity index (χ3n) is 5.14. The average molecular weight is 449 g/mol. The summed E-state index contributed by atoms with van der Waals surface area (Å²) in [6.45, 7) is 6.87. The van der Waals surface area contributed by atoms with Crippen molar-refractivity contribution < 1.29 is 13.6 Å². The number of hydrazone groups is 1. The number of carbonyl (C=O) groups is 1. The number of nitrogens with zero attached hydrogens (tertiary/aromatic N) is 4. The van der Waals surface area contributed by atoms with Gasteiger partial charge in [0.2, 0.25) is 0 Å². The molecule has 2 aromatic rings. The Morgan fingerprint density at radius 2 is 2.06 bits per heavy atom. The number of nitrogens with two attached hydrogens (primary N) is 1. The maximum absolute atomic E-state index is 14.0. The molecular formula is C21H26F2N6OS. The molecule has 1 saturated heterocycles. The third-order valence-corrected chi connectivity index (χ3v) is 6.00. The van der Waals surface area contributed by atoms with Gasteiger partial charge in [-0.25, -0.2) is 13.8 Å². The van der Waals surface area contributed by atoms with Gasteiger partial charge in [0.15, 0.2) is 0 Å². The van der Waals surface area contributed by atoms with Crippen LogP contribution in [0.15, 0.2) is 40.2 Å². The molecule has 1 atom stereocenters. The summed E-state index contributed by atoms with van der Waals surface area (Å²) < 4.78 is 28.1. The lowest BCUT2D eigenvalue weighted by atomic mass is 10.1. The number of halogens is 2. The first kappa shape index (κ1) is 22.8. The molecule has 0 aliphatic carbocycles. The third kappa shape index (κ3) is 5.26. The molecule has 0 spiro atoms. The number of allylic oxidation sites excluding steroid dienone is 1. The minimum absolute atomic E-state index is 0.0773. The topological polar surface area (TPSA) is 86.9 Å². The van der Waals surface area contributed by atoms with Gasteiger partial charge >= 0.3 is 0 Å². The van der Waals surface area contributed by atoms with E-state index < -0.39 is 17.5 Å². The first-order chi connectivity index (χ1) is 14.8. The SMILES string of the molecule is C=NN(C)/C(=C(\C)NC(=O)c1csc(-c2c(F)cccc2F)n1)N1CCC[C@H](N)CC1. The molecule has 1 fully saturated rings. The molecule has 1 amide bonds. The summed E-state index contributed by atoms with van der Waals surface area (Å²) in [5.74, 6) is -1.21. The molecule has 1 aliphatic rings. The van der Waals surface area contributed by atoms with E-state index in [-0.39, 0.29) is 22.3 Å². The Kier molecular flexibility index (Phi) is 7.34. The van der Waals surface area contributed by atoms with Gasteiger partial charge in [-0.2, -0.15) is 5.10 Å². The molecule has 10 heteroatoms. The van der Waals surface area contributed by atoms with Crippen LogP contribution < -0.4 is 11.1 Å². The average Bonchev–Trinajstić information content (AvgIpc) is 3.11. The van der Waals surface area contributed by atoms with Gasteiger partial charge in [-0.15, -0.1) is 11.3 Å². The van der Waals surface area contributed by atoms with Gasteiger partial charge in [0.1, 0.15) is 28.2 Å². The minimum Gasteiger partial charge on any atom is -0.355 e. The van der Waals surface area contributed by atoms with Gasteiger partial charge in [0.05, 0.1) is 11.3 Å². The zero-order valence-electron chi connectivity index (χ0n) is 17.6. The zero-order chi connectivity index (χ0) is 22.5. The minimum atomic E-state index is -0.724. The number of likely N-dealkylation sites (tertiary alicyclic amines) is 1. The summed E-state index contributed by atoms with van der Waals surface area (Å²) in [4.78, 5) is 19.1. The first-order valence-electron chi connectivity index (χ1n) is 9.94. The number of aromatic nitrogens is 1. The summed E-state index contributed by atoms with van der Waals surface area (Å²) in [6, 6.07) is 3.74.